The molecule has 0 aliphatic carbocycles. The van der Waals surface area contributed by atoms with Gasteiger partial charge in [-0.25, -0.2) is 4.39 Å². The fourth-order valence-corrected chi connectivity index (χ4v) is 2.03. The number of benzene rings is 2. The Bertz CT molecular complexity index is 575. The summed E-state index contributed by atoms with van der Waals surface area (Å²) in [6.45, 7) is 3.08. The zero-order valence-corrected chi connectivity index (χ0v) is 11.8. The van der Waals surface area contributed by atoms with Gasteiger partial charge in [-0.2, -0.15) is 0 Å². The van der Waals surface area contributed by atoms with Gasteiger partial charge in [-0.15, -0.1) is 0 Å². The monoisotopic (exact) mass is 271 g/mol. The molecule has 0 saturated carbocycles. The molecule has 0 atom stereocenters. The van der Waals surface area contributed by atoms with Crippen LogP contribution in [-0.4, -0.2) is 24.3 Å². The van der Waals surface area contributed by atoms with Crippen molar-refractivity contribution in [3.8, 4) is 0 Å². The van der Waals surface area contributed by atoms with E-state index in [1.807, 2.05) is 18.9 Å². The summed E-state index contributed by atoms with van der Waals surface area (Å²) in [5.41, 5.74) is 2.94. The number of carbonyl (C=O) groups excluding carboxylic acids is 1. The molecule has 2 nitrogen and oxygen atoms in total. The largest absolute Gasteiger partial charge is 0.295 e. The lowest BCUT2D eigenvalue weighted by Gasteiger charge is -2.16. The molecule has 0 N–H and O–H groups in total. The second-order valence-electron chi connectivity index (χ2n) is 5.09. The molecule has 2 aromatic rings. The number of hydrogen-bond donors (Lipinski definition) is 0. The molecule has 0 unspecified atom stereocenters. The van der Waals surface area contributed by atoms with E-state index in [1.54, 1.807) is 0 Å². The number of aryl methyl sites for hydroxylation is 1. The van der Waals surface area contributed by atoms with Crippen LogP contribution in [0.1, 0.15) is 21.5 Å². The Hall–Kier alpha value is -2.00. The van der Waals surface area contributed by atoms with Crippen molar-refractivity contribution in [1.29, 1.82) is 0 Å². The standard InChI is InChI=1S/C17H18FNO/c1-13-3-5-14(6-4-13)11-19(2)12-17(20)15-7-9-16(18)10-8-15/h3-10H,11-12H2,1-2H3. The molecular weight excluding hydrogens is 253 g/mol. The molecule has 0 bridgehead atoms. The van der Waals surface area contributed by atoms with Gasteiger partial charge in [0.1, 0.15) is 5.82 Å². The van der Waals surface area contributed by atoms with Gasteiger partial charge in [0.05, 0.1) is 6.54 Å². The Balaban J connectivity index is 1.93. The number of likely N-dealkylation sites (N-methyl/N-ethyl adjacent to an activating group) is 1. The molecule has 0 heterocycles. The summed E-state index contributed by atoms with van der Waals surface area (Å²) < 4.78 is 12.8. The van der Waals surface area contributed by atoms with E-state index in [2.05, 4.69) is 24.3 Å². The third-order valence-corrected chi connectivity index (χ3v) is 3.15. The summed E-state index contributed by atoms with van der Waals surface area (Å²) in [5.74, 6) is -0.325. The van der Waals surface area contributed by atoms with Crippen molar-refractivity contribution in [2.75, 3.05) is 13.6 Å². The van der Waals surface area contributed by atoms with Crippen LogP contribution in [0, 0.1) is 12.7 Å². The molecule has 2 rings (SSSR count). The molecule has 2 aromatic carbocycles. The predicted molar refractivity (Wildman–Crippen MR) is 78.2 cm³/mol. The maximum absolute atomic E-state index is 12.8. The number of carbonyl (C=O) groups is 1. The van der Waals surface area contributed by atoms with Crippen LogP contribution in [0.25, 0.3) is 0 Å². The summed E-state index contributed by atoms with van der Waals surface area (Å²) >= 11 is 0. The summed E-state index contributed by atoms with van der Waals surface area (Å²) in [6.07, 6.45) is 0. The third kappa shape index (κ3) is 4.00. The van der Waals surface area contributed by atoms with E-state index in [9.17, 15) is 9.18 Å². The highest BCUT2D eigenvalue weighted by Crippen LogP contribution is 2.08. The Morgan fingerprint density at radius 3 is 2.25 bits per heavy atom. The first kappa shape index (κ1) is 14.4. The minimum atomic E-state index is -0.324. The molecule has 0 aliphatic rings. The molecule has 0 amide bonds. The summed E-state index contributed by atoms with van der Waals surface area (Å²) in [7, 11) is 1.90. The maximum Gasteiger partial charge on any atom is 0.176 e. The van der Waals surface area contributed by atoms with Crippen molar-refractivity contribution in [2.24, 2.45) is 0 Å². The van der Waals surface area contributed by atoms with Crippen molar-refractivity contribution in [3.05, 3.63) is 71.0 Å². The van der Waals surface area contributed by atoms with Gasteiger partial charge < -0.3 is 0 Å². The molecule has 0 aromatic heterocycles. The van der Waals surface area contributed by atoms with Gasteiger partial charge in [0.25, 0.3) is 0 Å². The van der Waals surface area contributed by atoms with Crippen LogP contribution in [0.3, 0.4) is 0 Å². The van der Waals surface area contributed by atoms with Crippen LogP contribution in [0.4, 0.5) is 4.39 Å². The molecular formula is C17H18FNO. The number of ketones is 1. The van der Waals surface area contributed by atoms with E-state index in [4.69, 9.17) is 0 Å². The van der Waals surface area contributed by atoms with Crippen molar-refractivity contribution in [1.82, 2.24) is 4.90 Å². The first-order valence-electron chi connectivity index (χ1n) is 6.57. The fraction of sp³-hybridized carbons (Fsp3) is 0.235. The van der Waals surface area contributed by atoms with E-state index in [0.29, 0.717) is 18.7 Å². The first-order chi connectivity index (χ1) is 9.54. The van der Waals surface area contributed by atoms with Gasteiger partial charge in [-0.05, 0) is 43.8 Å². The smallest absolute Gasteiger partial charge is 0.176 e. The number of rotatable bonds is 5. The van der Waals surface area contributed by atoms with Crippen LogP contribution in [0.5, 0.6) is 0 Å². The van der Waals surface area contributed by atoms with Crippen molar-refractivity contribution in [2.45, 2.75) is 13.5 Å². The maximum atomic E-state index is 12.8. The zero-order valence-electron chi connectivity index (χ0n) is 11.8. The predicted octanol–water partition coefficient (Wildman–Crippen LogP) is 3.45. The number of Topliss-reactive ketones (excluding diaryl/α,β-unsaturated/α-hetero) is 1. The van der Waals surface area contributed by atoms with Crippen LogP contribution in [0.15, 0.2) is 48.5 Å². The van der Waals surface area contributed by atoms with Crippen LogP contribution in [0.2, 0.25) is 0 Å². The third-order valence-electron chi connectivity index (χ3n) is 3.15. The number of halogens is 1. The normalized spacial score (nSPS) is 10.8. The number of nitrogens with zero attached hydrogens (tertiary/aromatic N) is 1. The van der Waals surface area contributed by atoms with E-state index in [-0.39, 0.29) is 11.6 Å². The van der Waals surface area contributed by atoms with E-state index >= 15 is 0 Å². The van der Waals surface area contributed by atoms with Gasteiger partial charge in [0.2, 0.25) is 0 Å². The summed E-state index contributed by atoms with van der Waals surface area (Å²) in [5, 5.41) is 0. The second-order valence-corrected chi connectivity index (χ2v) is 5.09. The van der Waals surface area contributed by atoms with Crippen molar-refractivity contribution < 1.29 is 9.18 Å². The van der Waals surface area contributed by atoms with Gasteiger partial charge in [-0.1, -0.05) is 29.8 Å². The minimum absolute atomic E-state index is 0.000360. The van der Waals surface area contributed by atoms with Crippen LogP contribution < -0.4 is 0 Å². The summed E-state index contributed by atoms with van der Waals surface area (Å²) in [4.78, 5) is 14.0. The molecule has 3 heteroatoms. The van der Waals surface area contributed by atoms with Gasteiger partial charge in [-0.3, -0.25) is 9.69 Å². The lowest BCUT2D eigenvalue weighted by Crippen LogP contribution is -2.25. The van der Waals surface area contributed by atoms with Gasteiger partial charge >= 0.3 is 0 Å². The number of hydrogen-bond acceptors (Lipinski definition) is 2. The van der Waals surface area contributed by atoms with E-state index in [1.165, 1.54) is 35.4 Å². The lowest BCUT2D eigenvalue weighted by atomic mass is 10.1. The fourth-order valence-electron chi connectivity index (χ4n) is 2.03. The quantitative estimate of drug-likeness (QED) is 0.776. The minimum Gasteiger partial charge on any atom is -0.295 e. The van der Waals surface area contributed by atoms with Crippen molar-refractivity contribution in [3.63, 3.8) is 0 Å². The van der Waals surface area contributed by atoms with E-state index in [0.717, 1.165) is 0 Å². The highest BCUT2D eigenvalue weighted by molar-refractivity contribution is 5.97. The molecule has 104 valence electrons. The van der Waals surface area contributed by atoms with Crippen molar-refractivity contribution >= 4 is 5.78 Å². The average Bonchev–Trinajstić information content (AvgIpc) is 2.42. The van der Waals surface area contributed by atoms with E-state index < -0.39 is 0 Å². The molecule has 0 saturated heterocycles. The van der Waals surface area contributed by atoms with Gasteiger partial charge in [0, 0.05) is 12.1 Å². The lowest BCUT2D eigenvalue weighted by molar-refractivity contribution is 0.0943. The van der Waals surface area contributed by atoms with Crippen LogP contribution in [-0.2, 0) is 6.54 Å². The average molecular weight is 271 g/mol. The SMILES string of the molecule is Cc1ccc(CN(C)CC(=O)c2ccc(F)cc2)cc1. The first-order valence-corrected chi connectivity index (χ1v) is 6.57. The topological polar surface area (TPSA) is 20.3 Å². The molecule has 0 aliphatic heterocycles. The highest BCUT2D eigenvalue weighted by Gasteiger charge is 2.09. The molecule has 0 spiro atoms. The molecule has 0 radical (unpaired) electrons. The highest BCUT2D eigenvalue weighted by atomic mass is 19.1. The molecule has 0 fully saturated rings. The Kier molecular flexibility index (Phi) is 4.64. The Morgan fingerprint density at radius 1 is 1.05 bits per heavy atom. The Labute approximate surface area is 118 Å². The zero-order chi connectivity index (χ0) is 14.5. The van der Waals surface area contributed by atoms with Crippen LogP contribution >= 0.6 is 0 Å². The second kappa shape index (κ2) is 6.44. The van der Waals surface area contributed by atoms with Gasteiger partial charge in [0.15, 0.2) is 5.78 Å². The Morgan fingerprint density at radius 2 is 1.65 bits per heavy atom. The molecule has 20 heavy (non-hydrogen) atoms. The summed E-state index contributed by atoms with van der Waals surface area (Å²) in [6, 6.07) is 13.9.